The SMILES string of the molecule is Cc1cc(C(=O)N2C[C@@H]3CC[C@H]2CN(S(C)(=O)=O)C3)c(C)o1. The lowest BCUT2D eigenvalue weighted by atomic mass is 9.94. The quantitative estimate of drug-likeness (QED) is 0.823. The summed E-state index contributed by atoms with van der Waals surface area (Å²) in [6.45, 7) is 5.15. The van der Waals surface area contributed by atoms with Crippen molar-refractivity contribution in [2.75, 3.05) is 25.9 Å². The number of piperidine rings is 1. The molecular weight excluding hydrogens is 304 g/mol. The average Bonchev–Trinajstić information content (AvgIpc) is 2.64. The largest absolute Gasteiger partial charge is 0.466 e. The molecule has 3 aliphatic rings. The molecule has 0 aliphatic carbocycles. The van der Waals surface area contributed by atoms with Gasteiger partial charge in [-0.15, -0.1) is 0 Å². The van der Waals surface area contributed by atoms with Gasteiger partial charge in [-0.3, -0.25) is 4.79 Å². The molecule has 3 saturated heterocycles. The van der Waals surface area contributed by atoms with Gasteiger partial charge in [0, 0.05) is 25.7 Å². The van der Waals surface area contributed by atoms with Crippen LogP contribution in [0.15, 0.2) is 10.5 Å². The zero-order chi connectivity index (χ0) is 16.1. The first-order chi connectivity index (χ1) is 10.3. The first-order valence-electron chi connectivity index (χ1n) is 7.59. The van der Waals surface area contributed by atoms with Crippen molar-refractivity contribution in [1.82, 2.24) is 9.21 Å². The van der Waals surface area contributed by atoms with E-state index in [-0.39, 0.29) is 17.9 Å². The smallest absolute Gasteiger partial charge is 0.257 e. The molecule has 1 amide bonds. The highest BCUT2D eigenvalue weighted by Crippen LogP contribution is 2.31. The van der Waals surface area contributed by atoms with Crippen molar-refractivity contribution in [3.63, 3.8) is 0 Å². The normalized spacial score (nSPS) is 26.2. The first-order valence-corrected chi connectivity index (χ1v) is 9.43. The van der Waals surface area contributed by atoms with Crippen molar-refractivity contribution in [1.29, 1.82) is 0 Å². The summed E-state index contributed by atoms with van der Waals surface area (Å²) in [5.41, 5.74) is 0.593. The van der Waals surface area contributed by atoms with Crippen molar-refractivity contribution < 1.29 is 17.6 Å². The standard InChI is InChI=1S/C15H22N2O4S/c1-10-6-14(11(2)21-10)15(18)17-8-12-4-5-13(17)9-16(7-12)22(3,19)20/h6,12-13H,4-5,7-9H2,1-3H3/t12-,13+/m1/s1. The van der Waals surface area contributed by atoms with Crippen LogP contribution in [-0.4, -0.2) is 55.5 Å². The van der Waals surface area contributed by atoms with Gasteiger partial charge in [-0.2, -0.15) is 4.31 Å². The molecule has 2 atom stereocenters. The monoisotopic (exact) mass is 326 g/mol. The molecule has 122 valence electrons. The summed E-state index contributed by atoms with van der Waals surface area (Å²) in [5, 5.41) is 0. The van der Waals surface area contributed by atoms with E-state index in [0.29, 0.717) is 31.0 Å². The Kier molecular flexibility index (Phi) is 3.81. The number of hydrogen-bond donors (Lipinski definition) is 0. The van der Waals surface area contributed by atoms with E-state index in [4.69, 9.17) is 4.42 Å². The number of hydrogen-bond acceptors (Lipinski definition) is 4. The van der Waals surface area contributed by atoms with E-state index in [9.17, 15) is 13.2 Å². The molecule has 1 aromatic rings. The molecule has 3 fully saturated rings. The average molecular weight is 326 g/mol. The second kappa shape index (κ2) is 5.38. The van der Waals surface area contributed by atoms with Gasteiger partial charge in [0.15, 0.2) is 0 Å². The molecule has 0 spiro atoms. The minimum absolute atomic E-state index is 0.0422. The summed E-state index contributed by atoms with van der Waals surface area (Å²) in [7, 11) is -3.22. The number of fused-ring (bicyclic) bond motifs is 4. The number of sulfonamides is 1. The third kappa shape index (κ3) is 2.79. The zero-order valence-electron chi connectivity index (χ0n) is 13.2. The number of carbonyl (C=O) groups excluding carboxylic acids is 1. The lowest BCUT2D eigenvalue weighted by molar-refractivity contribution is 0.0587. The van der Waals surface area contributed by atoms with Gasteiger partial charge in [-0.05, 0) is 38.7 Å². The van der Waals surface area contributed by atoms with Crippen molar-refractivity contribution in [3.05, 3.63) is 23.2 Å². The second-order valence-corrected chi connectivity index (χ2v) is 8.44. The van der Waals surface area contributed by atoms with Crippen LogP contribution in [0.25, 0.3) is 0 Å². The van der Waals surface area contributed by atoms with Crippen LogP contribution in [0.2, 0.25) is 0 Å². The first kappa shape index (κ1) is 15.6. The lowest BCUT2D eigenvalue weighted by Gasteiger charge is -2.36. The van der Waals surface area contributed by atoms with Crippen molar-refractivity contribution in [2.45, 2.75) is 32.7 Å². The Morgan fingerprint density at radius 3 is 2.55 bits per heavy atom. The summed E-state index contributed by atoms with van der Waals surface area (Å²) in [6.07, 6.45) is 3.08. The molecule has 1 aromatic heterocycles. The Morgan fingerprint density at radius 1 is 1.23 bits per heavy atom. The molecule has 0 saturated carbocycles. The van der Waals surface area contributed by atoms with E-state index in [1.54, 1.807) is 13.0 Å². The number of furan rings is 1. The van der Waals surface area contributed by atoms with Gasteiger partial charge in [-0.1, -0.05) is 0 Å². The molecule has 0 radical (unpaired) electrons. The van der Waals surface area contributed by atoms with E-state index < -0.39 is 10.0 Å². The van der Waals surface area contributed by atoms with Gasteiger partial charge in [0.25, 0.3) is 5.91 Å². The molecule has 22 heavy (non-hydrogen) atoms. The van der Waals surface area contributed by atoms with Crippen LogP contribution in [0.5, 0.6) is 0 Å². The summed E-state index contributed by atoms with van der Waals surface area (Å²) in [5.74, 6) is 1.52. The van der Waals surface area contributed by atoms with Gasteiger partial charge in [0.1, 0.15) is 11.5 Å². The van der Waals surface area contributed by atoms with Crippen LogP contribution in [0.4, 0.5) is 0 Å². The predicted molar refractivity (Wildman–Crippen MR) is 82.1 cm³/mol. The molecule has 0 unspecified atom stereocenters. The fourth-order valence-corrected chi connectivity index (χ4v) is 4.48. The molecule has 4 rings (SSSR count). The van der Waals surface area contributed by atoms with Gasteiger partial charge in [0.05, 0.1) is 11.8 Å². The topological polar surface area (TPSA) is 70.8 Å². The van der Waals surface area contributed by atoms with Gasteiger partial charge in [0.2, 0.25) is 10.0 Å². The zero-order valence-corrected chi connectivity index (χ0v) is 14.0. The minimum atomic E-state index is -3.22. The van der Waals surface area contributed by atoms with Crippen molar-refractivity contribution in [2.24, 2.45) is 5.92 Å². The molecule has 7 heteroatoms. The highest BCUT2D eigenvalue weighted by Gasteiger charge is 2.40. The van der Waals surface area contributed by atoms with E-state index in [2.05, 4.69) is 0 Å². The van der Waals surface area contributed by atoms with Crippen LogP contribution in [0, 0.1) is 19.8 Å². The molecule has 0 N–H and O–H groups in total. The Hall–Kier alpha value is -1.34. The third-order valence-electron chi connectivity index (χ3n) is 4.68. The predicted octanol–water partition coefficient (Wildman–Crippen LogP) is 1.39. The minimum Gasteiger partial charge on any atom is -0.466 e. The Morgan fingerprint density at radius 2 is 1.95 bits per heavy atom. The van der Waals surface area contributed by atoms with Crippen LogP contribution < -0.4 is 0 Å². The third-order valence-corrected chi connectivity index (χ3v) is 5.92. The second-order valence-electron chi connectivity index (χ2n) is 6.46. The molecule has 6 nitrogen and oxygen atoms in total. The number of carbonyl (C=O) groups is 1. The maximum absolute atomic E-state index is 12.8. The van der Waals surface area contributed by atoms with Crippen LogP contribution in [-0.2, 0) is 10.0 Å². The van der Waals surface area contributed by atoms with Gasteiger partial charge >= 0.3 is 0 Å². The van der Waals surface area contributed by atoms with Crippen molar-refractivity contribution >= 4 is 15.9 Å². The highest BCUT2D eigenvalue weighted by atomic mass is 32.2. The molecular formula is C15H22N2O4S. The fourth-order valence-electron chi connectivity index (χ4n) is 3.56. The summed E-state index contributed by atoms with van der Waals surface area (Å²) >= 11 is 0. The molecule has 0 aromatic carbocycles. The van der Waals surface area contributed by atoms with Crippen LogP contribution >= 0.6 is 0 Å². The summed E-state index contributed by atoms with van der Waals surface area (Å²) in [4.78, 5) is 14.7. The van der Waals surface area contributed by atoms with Gasteiger partial charge < -0.3 is 9.32 Å². The fraction of sp³-hybridized carbons (Fsp3) is 0.667. The van der Waals surface area contributed by atoms with E-state index in [1.165, 1.54) is 10.6 Å². The maximum Gasteiger partial charge on any atom is 0.257 e. The maximum atomic E-state index is 12.8. The molecule has 4 heterocycles. The molecule has 3 aliphatic heterocycles. The Labute approximate surface area is 131 Å². The van der Waals surface area contributed by atoms with Crippen LogP contribution in [0.1, 0.15) is 34.7 Å². The number of amides is 1. The molecule has 2 bridgehead atoms. The van der Waals surface area contributed by atoms with Crippen molar-refractivity contribution in [3.8, 4) is 0 Å². The summed E-state index contributed by atoms with van der Waals surface area (Å²) in [6, 6.07) is 1.72. The number of rotatable bonds is 2. The lowest BCUT2D eigenvalue weighted by Crippen LogP contribution is -2.47. The van der Waals surface area contributed by atoms with E-state index >= 15 is 0 Å². The number of nitrogens with zero attached hydrogens (tertiary/aromatic N) is 2. The van der Waals surface area contributed by atoms with E-state index in [1.807, 2.05) is 11.8 Å². The highest BCUT2D eigenvalue weighted by molar-refractivity contribution is 7.88. The van der Waals surface area contributed by atoms with E-state index in [0.717, 1.165) is 18.6 Å². The Bertz CT molecular complexity index is 694. The van der Waals surface area contributed by atoms with Gasteiger partial charge in [-0.25, -0.2) is 8.42 Å². The summed E-state index contributed by atoms with van der Waals surface area (Å²) < 4.78 is 30.7. The number of aryl methyl sites for hydroxylation is 2. The van der Waals surface area contributed by atoms with Crippen LogP contribution in [0.3, 0.4) is 0 Å². The Balaban J connectivity index is 1.87.